The minimum atomic E-state index is -3.56. The zero-order valence-electron chi connectivity index (χ0n) is 14.6. The van der Waals surface area contributed by atoms with Gasteiger partial charge in [-0.3, -0.25) is 0 Å². The summed E-state index contributed by atoms with van der Waals surface area (Å²) in [4.78, 5) is 0.175. The van der Waals surface area contributed by atoms with Crippen molar-refractivity contribution in [3.63, 3.8) is 0 Å². The van der Waals surface area contributed by atoms with Crippen LogP contribution in [0.4, 0.5) is 10.1 Å². The summed E-state index contributed by atoms with van der Waals surface area (Å²) < 4.78 is 39.8. The maximum atomic E-state index is 13.9. The lowest BCUT2D eigenvalue weighted by atomic mass is 10.1. The molecule has 25 heavy (non-hydrogen) atoms. The van der Waals surface area contributed by atoms with Crippen LogP contribution in [-0.2, 0) is 16.6 Å². The molecule has 2 rings (SSSR count). The zero-order chi connectivity index (χ0) is 18.8. The molecule has 0 heterocycles. The van der Waals surface area contributed by atoms with Crippen molar-refractivity contribution in [3.8, 4) is 6.07 Å². The van der Waals surface area contributed by atoms with E-state index in [1.807, 2.05) is 19.9 Å². The fourth-order valence-electron chi connectivity index (χ4n) is 2.34. The van der Waals surface area contributed by atoms with E-state index in [2.05, 4.69) is 5.32 Å². The summed E-state index contributed by atoms with van der Waals surface area (Å²) in [6, 6.07) is 9.28. The number of sulfonamides is 1. The molecule has 132 valence electrons. The second-order valence-corrected chi connectivity index (χ2v) is 8.12. The van der Waals surface area contributed by atoms with Crippen LogP contribution < -0.4 is 5.32 Å². The number of nitriles is 1. The van der Waals surface area contributed by atoms with E-state index in [1.54, 1.807) is 12.1 Å². The molecule has 0 saturated carbocycles. The van der Waals surface area contributed by atoms with Gasteiger partial charge in [-0.05, 0) is 55.3 Å². The Labute approximate surface area is 147 Å². The number of halogens is 1. The SMILES string of the molecule is Cc1cc(S(=O)(=O)N(C)C)cc(NCc2cc(C#N)ccc2F)c1C. The number of anilines is 1. The molecule has 0 fully saturated rings. The summed E-state index contributed by atoms with van der Waals surface area (Å²) in [5, 5.41) is 12.0. The van der Waals surface area contributed by atoms with E-state index in [0.717, 1.165) is 15.4 Å². The van der Waals surface area contributed by atoms with Gasteiger partial charge in [0.1, 0.15) is 5.82 Å². The minimum Gasteiger partial charge on any atom is -0.381 e. The first-order valence-electron chi connectivity index (χ1n) is 7.63. The molecule has 0 unspecified atom stereocenters. The number of nitrogens with one attached hydrogen (secondary N) is 1. The molecule has 5 nitrogen and oxygen atoms in total. The average molecular weight is 361 g/mol. The third-order valence-electron chi connectivity index (χ3n) is 4.06. The molecule has 0 atom stereocenters. The molecular formula is C18H20FN3O2S. The largest absolute Gasteiger partial charge is 0.381 e. The molecule has 0 amide bonds. The Balaban J connectivity index is 2.38. The van der Waals surface area contributed by atoms with Gasteiger partial charge in [-0.1, -0.05) is 0 Å². The standard InChI is InChI=1S/C18H20FN3O2S/c1-12-7-16(25(23,24)22(3)4)9-18(13(12)2)21-11-15-8-14(10-20)5-6-17(15)19/h5-9,21H,11H2,1-4H3. The predicted octanol–water partition coefficient (Wildman–Crippen LogP) is 3.18. The summed E-state index contributed by atoms with van der Waals surface area (Å²) in [6.07, 6.45) is 0. The van der Waals surface area contributed by atoms with Crippen LogP contribution in [0, 0.1) is 31.0 Å². The summed E-state index contributed by atoms with van der Waals surface area (Å²) in [6.45, 7) is 3.84. The lowest BCUT2D eigenvalue weighted by Gasteiger charge is -2.17. The zero-order valence-corrected chi connectivity index (χ0v) is 15.4. The van der Waals surface area contributed by atoms with E-state index < -0.39 is 15.8 Å². The van der Waals surface area contributed by atoms with E-state index in [-0.39, 0.29) is 11.4 Å². The fraction of sp³-hybridized carbons (Fsp3) is 0.278. The minimum absolute atomic E-state index is 0.146. The van der Waals surface area contributed by atoms with Crippen LogP contribution in [0.15, 0.2) is 35.2 Å². The number of nitrogens with zero attached hydrogens (tertiary/aromatic N) is 2. The van der Waals surface area contributed by atoms with Gasteiger partial charge in [-0.15, -0.1) is 0 Å². The molecule has 0 radical (unpaired) electrons. The molecule has 0 spiro atoms. The first-order chi connectivity index (χ1) is 11.7. The van der Waals surface area contributed by atoms with Crippen LogP contribution >= 0.6 is 0 Å². The van der Waals surface area contributed by atoms with Crippen LogP contribution in [0.1, 0.15) is 22.3 Å². The smallest absolute Gasteiger partial charge is 0.242 e. The number of aryl methyl sites for hydroxylation is 1. The van der Waals surface area contributed by atoms with Gasteiger partial charge in [0.05, 0.1) is 16.5 Å². The second-order valence-electron chi connectivity index (χ2n) is 5.97. The fourth-order valence-corrected chi connectivity index (χ4v) is 3.35. The van der Waals surface area contributed by atoms with Crippen molar-refractivity contribution >= 4 is 15.7 Å². The van der Waals surface area contributed by atoms with Crippen molar-refractivity contribution < 1.29 is 12.8 Å². The molecule has 7 heteroatoms. The molecular weight excluding hydrogens is 341 g/mol. The highest BCUT2D eigenvalue weighted by atomic mass is 32.2. The van der Waals surface area contributed by atoms with Gasteiger partial charge in [0.25, 0.3) is 0 Å². The normalized spacial score (nSPS) is 11.4. The number of hydrogen-bond donors (Lipinski definition) is 1. The third-order valence-corrected chi connectivity index (χ3v) is 5.86. The van der Waals surface area contributed by atoms with Crippen LogP contribution in [0.5, 0.6) is 0 Å². The van der Waals surface area contributed by atoms with Crippen LogP contribution in [-0.4, -0.2) is 26.8 Å². The van der Waals surface area contributed by atoms with Crippen molar-refractivity contribution in [1.82, 2.24) is 4.31 Å². The molecule has 0 aliphatic carbocycles. The van der Waals surface area contributed by atoms with Crippen molar-refractivity contribution in [1.29, 1.82) is 5.26 Å². The first-order valence-corrected chi connectivity index (χ1v) is 9.07. The van der Waals surface area contributed by atoms with Crippen molar-refractivity contribution in [3.05, 3.63) is 58.4 Å². The monoisotopic (exact) mass is 361 g/mol. The van der Waals surface area contributed by atoms with E-state index in [9.17, 15) is 12.8 Å². The Morgan fingerprint density at radius 2 is 1.88 bits per heavy atom. The summed E-state index contributed by atoms with van der Waals surface area (Å²) in [7, 11) is -0.619. The number of hydrogen-bond acceptors (Lipinski definition) is 4. The van der Waals surface area contributed by atoms with Gasteiger partial charge >= 0.3 is 0 Å². The van der Waals surface area contributed by atoms with Gasteiger partial charge < -0.3 is 5.32 Å². The van der Waals surface area contributed by atoms with Gasteiger partial charge in [0, 0.05) is 31.9 Å². The summed E-state index contributed by atoms with van der Waals surface area (Å²) in [5.74, 6) is -0.419. The maximum absolute atomic E-state index is 13.9. The van der Waals surface area contributed by atoms with Crippen molar-refractivity contribution in [2.24, 2.45) is 0 Å². The molecule has 0 bridgehead atoms. The van der Waals surface area contributed by atoms with Crippen LogP contribution in [0.25, 0.3) is 0 Å². The average Bonchev–Trinajstić information content (AvgIpc) is 2.57. The van der Waals surface area contributed by atoms with Crippen molar-refractivity contribution in [2.45, 2.75) is 25.3 Å². The lowest BCUT2D eigenvalue weighted by molar-refractivity contribution is 0.520. The van der Waals surface area contributed by atoms with Gasteiger partial charge in [-0.25, -0.2) is 17.1 Å². The molecule has 0 aromatic heterocycles. The van der Waals surface area contributed by atoms with Gasteiger partial charge in [-0.2, -0.15) is 5.26 Å². The molecule has 2 aromatic rings. The topological polar surface area (TPSA) is 73.2 Å². The Kier molecular flexibility index (Phi) is 5.45. The van der Waals surface area contributed by atoms with Gasteiger partial charge in [0.2, 0.25) is 10.0 Å². The van der Waals surface area contributed by atoms with Crippen LogP contribution in [0.2, 0.25) is 0 Å². The van der Waals surface area contributed by atoms with E-state index in [4.69, 9.17) is 5.26 Å². The van der Waals surface area contributed by atoms with Crippen LogP contribution in [0.3, 0.4) is 0 Å². The second kappa shape index (κ2) is 7.21. The maximum Gasteiger partial charge on any atom is 0.242 e. The molecule has 0 aliphatic heterocycles. The quantitative estimate of drug-likeness (QED) is 0.888. The third kappa shape index (κ3) is 3.98. The van der Waals surface area contributed by atoms with Gasteiger partial charge in [0.15, 0.2) is 0 Å². The van der Waals surface area contributed by atoms with E-state index in [1.165, 1.54) is 32.3 Å². The first kappa shape index (κ1) is 18.9. The highest BCUT2D eigenvalue weighted by Crippen LogP contribution is 2.26. The Morgan fingerprint density at radius 3 is 2.48 bits per heavy atom. The van der Waals surface area contributed by atoms with E-state index >= 15 is 0 Å². The van der Waals surface area contributed by atoms with E-state index in [0.29, 0.717) is 16.8 Å². The highest BCUT2D eigenvalue weighted by molar-refractivity contribution is 7.89. The predicted molar refractivity (Wildman–Crippen MR) is 95.2 cm³/mol. The van der Waals surface area contributed by atoms with Crippen molar-refractivity contribution in [2.75, 3.05) is 19.4 Å². The number of rotatable bonds is 5. The summed E-state index contributed by atoms with van der Waals surface area (Å²) >= 11 is 0. The Hall–Kier alpha value is -2.43. The molecule has 1 N–H and O–H groups in total. The molecule has 0 saturated heterocycles. The number of benzene rings is 2. The highest BCUT2D eigenvalue weighted by Gasteiger charge is 2.19. The Bertz CT molecular complexity index is 948. The lowest BCUT2D eigenvalue weighted by Crippen LogP contribution is -2.22. The molecule has 0 aliphatic rings. The summed E-state index contributed by atoms with van der Waals surface area (Å²) in [5.41, 5.74) is 3.03. The Morgan fingerprint density at radius 1 is 1.20 bits per heavy atom. The molecule has 2 aromatic carbocycles.